The fraction of sp³-hybridized carbons (Fsp3) is 0.500. The first kappa shape index (κ1) is 15.6. The van der Waals surface area contributed by atoms with E-state index in [1.807, 2.05) is 16.8 Å². The predicted octanol–water partition coefficient (Wildman–Crippen LogP) is 2.43. The number of rotatable bonds is 7. The fourth-order valence-electron chi connectivity index (χ4n) is 2.42. The Kier molecular flexibility index (Phi) is 5.44. The summed E-state index contributed by atoms with van der Waals surface area (Å²) < 4.78 is 15.7. The van der Waals surface area contributed by atoms with Gasteiger partial charge in [-0.2, -0.15) is 5.10 Å². The predicted molar refractivity (Wildman–Crippen MR) is 81.2 cm³/mol. The van der Waals surface area contributed by atoms with Gasteiger partial charge in [0.1, 0.15) is 18.0 Å². The number of nitrogens with two attached hydrogens (primary N) is 1. The first-order valence-corrected chi connectivity index (χ1v) is 7.40. The van der Waals surface area contributed by atoms with Crippen molar-refractivity contribution in [2.75, 3.05) is 6.54 Å². The van der Waals surface area contributed by atoms with Crippen LogP contribution in [-0.4, -0.2) is 21.3 Å². The molecule has 5 heteroatoms. The van der Waals surface area contributed by atoms with E-state index in [2.05, 4.69) is 23.9 Å². The first-order valence-electron chi connectivity index (χ1n) is 7.40. The second-order valence-electron chi connectivity index (χ2n) is 5.85. The van der Waals surface area contributed by atoms with Crippen molar-refractivity contribution < 1.29 is 4.39 Å². The van der Waals surface area contributed by atoms with E-state index in [-0.39, 0.29) is 11.7 Å². The van der Waals surface area contributed by atoms with Gasteiger partial charge in [0.2, 0.25) is 0 Å². The van der Waals surface area contributed by atoms with Gasteiger partial charge in [0.05, 0.1) is 0 Å². The van der Waals surface area contributed by atoms with Crippen molar-refractivity contribution in [3.05, 3.63) is 47.8 Å². The van der Waals surface area contributed by atoms with Crippen molar-refractivity contribution in [3.63, 3.8) is 0 Å². The second kappa shape index (κ2) is 7.31. The molecule has 0 saturated heterocycles. The van der Waals surface area contributed by atoms with Crippen LogP contribution in [0.4, 0.5) is 4.39 Å². The highest BCUT2D eigenvalue weighted by molar-refractivity contribution is 5.18. The topological polar surface area (TPSA) is 56.7 Å². The highest BCUT2D eigenvalue weighted by Gasteiger charge is 2.15. The average molecular weight is 290 g/mol. The zero-order valence-electron chi connectivity index (χ0n) is 12.7. The molecule has 0 spiro atoms. The minimum atomic E-state index is -0.167. The highest BCUT2D eigenvalue weighted by Crippen LogP contribution is 2.16. The van der Waals surface area contributed by atoms with Crippen LogP contribution in [0.1, 0.15) is 25.2 Å². The summed E-state index contributed by atoms with van der Waals surface area (Å²) in [5.74, 6) is 1.43. The van der Waals surface area contributed by atoms with Gasteiger partial charge in [-0.15, -0.1) is 0 Å². The minimum Gasteiger partial charge on any atom is -0.330 e. The summed E-state index contributed by atoms with van der Waals surface area (Å²) in [4.78, 5) is 4.32. The molecule has 4 nitrogen and oxygen atoms in total. The van der Waals surface area contributed by atoms with Gasteiger partial charge in [-0.25, -0.2) is 14.1 Å². The monoisotopic (exact) mass is 290 g/mol. The van der Waals surface area contributed by atoms with E-state index in [9.17, 15) is 4.39 Å². The number of nitrogens with zero attached hydrogens (tertiary/aromatic N) is 3. The number of halogens is 1. The lowest BCUT2D eigenvalue weighted by Gasteiger charge is -2.16. The second-order valence-corrected chi connectivity index (χ2v) is 5.85. The molecule has 0 aliphatic carbocycles. The normalized spacial score (nSPS) is 12.8. The Balaban J connectivity index is 2.06. The molecular formula is C16H23FN4. The molecule has 1 heterocycles. The van der Waals surface area contributed by atoms with Crippen molar-refractivity contribution in [3.8, 4) is 0 Å². The SMILES string of the molecule is CC(C)Cn1ncnc1CC(CN)Cc1ccccc1F. The molecule has 1 unspecified atom stereocenters. The van der Waals surface area contributed by atoms with E-state index < -0.39 is 0 Å². The third-order valence-corrected chi connectivity index (χ3v) is 3.50. The van der Waals surface area contributed by atoms with Crippen LogP contribution >= 0.6 is 0 Å². The molecule has 2 aromatic rings. The number of aromatic nitrogens is 3. The summed E-state index contributed by atoms with van der Waals surface area (Å²) in [6.07, 6.45) is 2.92. The molecule has 1 atom stereocenters. The Labute approximate surface area is 125 Å². The van der Waals surface area contributed by atoms with Crippen LogP contribution in [-0.2, 0) is 19.4 Å². The Morgan fingerprint density at radius 3 is 2.67 bits per heavy atom. The molecule has 0 fully saturated rings. The van der Waals surface area contributed by atoms with Crippen molar-refractivity contribution in [2.45, 2.75) is 33.2 Å². The number of hydrogen-bond acceptors (Lipinski definition) is 3. The summed E-state index contributed by atoms with van der Waals surface area (Å²) in [5.41, 5.74) is 6.57. The molecule has 2 rings (SSSR count). The standard InChI is InChI=1S/C16H23FN4/c1-12(2)10-21-16(19-11-20-21)8-13(9-18)7-14-5-3-4-6-15(14)17/h3-6,11-13H,7-10,18H2,1-2H3. The van der Waals surface area contributed by atoms with E-state index in [0.29, 0.717) is 24.4 Å². The third-order valence-electron chi connectivity index (χ3n) is 3.50. The lowest BCUT2D eigenvalue weighted by molar-refractivity contribution is 0.436. The van der Waals surface area contributed by atoms with E-state index in [4.69, 9.17) is 5.73 Å². The van der Waals surface area contributed by atoms with Gasteiger partial charge in [-0.05, 0) is 36.4 Å². The van der Waals surface area contributed by atoms with Crippen LogP contribution in [0.5, 0.6) is 0 Å². The Morgan fingerprint density at radius 2 is 2.00 bits per heavy atom. The molecule has 0 saturated carbocycles. The molecule has 0 aliphatic rings. The third kappa shape index (κ3) is 4.36. The molecular weight excluding hydrogens is 267 g/mol. The van der Waals surface area contributed by atoms with Gasteiger partial charge in [0.15, 0.2) is 0 Å². The molecule has 2 N–H and O–H groups in total. The Hall–Kier alpha value is -1.75. The molecule has 1 aromatic carbocycles. The van der Waals surface area contributed by atoms with Gasteiger partial charge in [0, 0.05) is 13.0 Å². The van der Waals surface area contributed by atoms with Gasteiger partial charge in [0.25, 0.3) is 0 Å². The lowest BCUT2D eigenvalue weighted by atomic mass is 9.95. The van der Waals surface area contributed by atoms with Crippen LogP contribution in [0.15, 0.2) is 30.6 Å². The maximum atomic E-state index is 13.7. The maximum absolute atomic E-state index is 13.7. The van der Waals surface area contributed by atoms with Crippen molar-refractivity contribution in [1.82, 2.24) is 14.8 Å². The van der Waals surface area contributed by atoms with Crippen molar-refractivity contribution in [1.29, 1.82) is 0 Å². The summed E-state index contributed by atoms with van der Waals surface area (Å²) in [5, 5.41) is 4.26. The summed E-state index contributed by atoms with van der Waals surface area (Å²) >= 11 is 0. The largest absolute Gasteiger partial charge is 0.330 e. The van der Waals surface area contributed by atoms with Gasteiger partial charge in [-0.3, -0.25) is 0 Å². The zero-order chi connectivity index (χ0) is 15.2. The van der Waals surface area contributed by atoms with Crippen LogP contribution in [0.25, 0.3) is 0 Å². The Morgan fingerprint density at radius 1 is 1.24 bits per heavy atom. The van der Waals surface area contributed by atoms with Crippen molar-refractivity contribution in [2.24, 2.45) is 17.6 Å². The van der Waals surface area contributed by atoms with Gasteiger partial charge < -0.3 is 5.73 Å². The molecule has 0 radical (unpaired) electrons. The van der Waals surface area contributed by atoms with E-state index in [0.717, 1.165) is 18.8 Å². The molecule has 114 valence electrons. The molecule has 0 bridgehead atoms. The van der Waals surface area contributed by atoms with Crippen molar-refractivity contribution >= 4 is 0 Å². The smallest absolute Gasteiger partial charge is 0.138 e. The summed E-state index contributed by atoms with van der Waals surface area (Å²) in [6.45, 7) is 5.63. The number of hydrogen-bond donors (Lipinski definition) is 1. The van der Waals surface area contributed by atoms with E-state index in [1.54, 1.807) is 12.4 Å². The molecule has 21 heavy (non-hydrogen) atoms. The molecule has 1 aromatic heterocycles. The van der Waals surface area contributed by atoms with Gasteiger partial charge >= 0.3 is 0 Å². The van der Waals surface area contributed by atoms with Crippen LogP contribution in [0.2, 0.25) is 0 Å². The fourth-order valence-corrected chi connectivity index (χ4v) is 2.42. The van der Waals surface area contributed by atoms with Gasteiger partial charge in [-0.1, -0.05) is 32.0 Å². The lowest BCUT2D eigenvalue weighted by Crippen LogP contribution is -2.22. The highest BCUT2D eigenvalue weighted by atomic mass is 19.1. The summed E-state index contributed by atoms with van der Waals surface area (Å²) in [7, 11) is 0. The van der Waals surface area contributed by atoms with Crippen LogP contribution in [0.3, 0.4) is 0 Å². The van der Waals surface area contributed by atoms with E-state index in [1.165, 1.54) is 6.07 Å². The average Bonchev–Trinajstić information content (AvgIpc) is 2.86. The molecule has 0 amide bonds. The van der Waals surface area contributed by atoms with E-state index >= 15 is 0 Å². The van der Waals surface area contributed by atoms with Crippen LogP contribution in [0, 0.1) is 17.7 Å². The maximum Gasteiger partial charge on any atom is 0.138 e. The zero-order valence-corrected chi connectivity index (χ0v) is 12.7. The number of benzene rings is 1. The minimum absolute atomic E-state index is 0.164. The first-order chi connectivity index (χ1) is 10.1. The Bertz CT molecular complexity index is 565. The quantitative estimate of drug-likeness (QED) is 0.852. The molecule has 0 aliphatic heterocycles. The summed E-state index contributed by atoms with van der Waals surface area (Å²) in [6, 6.07) is 6.86. The van der Waals surface area contributed by atoms with Crippen LogP contribution < -0.4 is 5.73 Å².